The van der Waals surface area contributed by atoms with Crippen LogP contribution in [0.2, 0.25) is 0 Å². The van der Waals surface area contributed by atoms with Crippen LogP contribution in [0.1, 0.15) is 15.9 Å². The first-order chi connectivity index (χ1) is 9.60. The van der Waals surface area contributed by atoms with Crippen molar-refractivity contribution in [1.29, 1.82) is 0 Å². The summed E-state index contributed by atoms with van der Waals surface area (Å²) in [5.41, 5.74) is 1.27. The number of carbonyl (C=O) groups excluding carboxylic acids is 3. The lowest BCUT2D eigenvalue weighted by molar-refractivity contribution is -0.115. The highest BCUT2D eigenvalue weighted by atomic mass is 32.2. The van der Waals surface area contributed by atoms with E-state index >= 15 is 0 Å². The van der Waals surface area contributed by atoms with E-state index in [1.165, 1.54) is 0 Å². The first-order valence-electron chi connectivity index (χ1n) is 5.84. The van der Waals surface area contributed by atoms with Crippen molar-refractivity contribution in [3.05, 3.63) is 53.0 Å². The molecule has 0 aromatic heterocycles. The van der Waals surface area contributed by atoms with Crippen LogP contribution in [0, 0.1) is 0 Å². The van der Waals surface area contributed by atoms with Gasteiger partial charge in [0, 0.05) is 12.1 Å². The molecule has 2 rings (SSSR count). The Labute approximate surface area is 120 Å². The van der Waals surface area contributed by atoms with Crippen LogP contribution in [0.4, 0.5) is 4.79 Å². The fraction of sp³-hybridized carbons (Fsp3) is 0.0714. The highest BCUT2D eigenvalue weighted by Crippen LogP contribution is 2.25. The number of amides is 3. The first kappa shape index (κ1) is 14.1. The Hall–Kier alpha value is -2.34. The summed E-state index contributed by atoms with van der Waals surface area (Å²) in [4.78, 5) is 34.4. The Kier molecular flexibility index (Phi) is 4.37. The molecule has 1 saturated heterocycles. The number of rotatable bonds is 4. The minimum Gasteiger partial charge on any atom is -0.349 e. The largest absolute Gasteiger partial charge is 0.349 e. The van der Waals surface area contributed by atoms with Gasteiger partial charge in [0.15, 0.2) is 0 Å². The number of carbonyl (C=O) groups is 3. The van der Waals surface area contributed by atoms with Gasteiger partial charge in [-0.3, -0.25) is 19.7 Å². The van der Waals surface area contributed by atoms with Crippen LogP contribution in [0.3, 0.4) is 0 Å². The standard InChI is InChI=1S/C14H12N2O3S/c1-2-7-15-12(17)10-5-3-9(4-6-10)8-11-13(18)16-14(19)20-11/h2-6,8H,1,7H2,(H,15,17)(H,16,18,19)/b11-8+. The van der Waals surface area contributed by atoms with Gasteiger partial charge in [0.25, 0.3) is 17.1 Å². The fourth-order valence-electron chi connectivity index (χ4n) is 1.57. The monoisotopic (exact) mass is 288 g/mol. The van der Waals surface area contributed by atoms with E-state index in [1.54, 1.807) is 36.4 Å². The molecular weight excluding hydrogens is 276 g/mol. The van der Waals surface area contributed by atoms with Crippen LogP contribution in [0.5, 0.6) is 0 Å². The minimum atomic E-state index is -0.396. The zero-order valence-electron chi connectivity index (χ0n) is 10.5. The topological polar surface area (TPSA) is 75.3 Å². The van der Waals surface area contributed by atoms with Crippen molar-refractivity contribution >= 4 is 34.9 Å². The molecule has 0 atom stereocenters. The van der Waals surface area contributed by atoms with E-state index in [1.807, 2.05) is 0 Å². The van der Waals surface area contributed by atoms with Gasteiger partial charge < -0.3 is 5.32 Å². The van der Waals surface area contributed by atoms with Gasteiger partial charge in [-0.15, -0.1) is 6.58 Å². The molecule has 1 heterocycles. The van der Waals surface area contributed by atoms with Crippen molar-refractivity contribution in [3.63, 3.8) is 0 Å². The molecule has 2 N–H and O–H groups in total. The van der Waals surface area contributed by atoms with Gasteiger partial charge in [0.05, 0.1) is 4.91 Å². The van der Waals surface area contributed by atoms with Gasteiger partial charge in [0.2, 0.25) is 0 Å². The molecule has 0 unspecified atom stereocenters. The molecule has 20 heavy (non-hydrogen) atoms. The lowest BCUT2D eigenvalue weighted by Gasteiger charge is -2.02. The molecule has 0 spiro atoms. The minimum absolute atomic E-state index is 0.188. The highest BCUT2D eigenvalue weighted by molar-refractivity contribution is 8.18. The second-order valence-corrected chi connectivity index (χ2v) is 4.99. The van der Waals surface area contributed by atoms with E-state index in [2.05, 4.69) is 17.2 Å². The van der Waals surface area contributed by atoms with Gasteiger partial charge in [-0.05, 0) is 35.5 Å². The fourth-order valence-corrected chi connectivity index (χ4v) is 2.25. The second kappa shape index (κ2) is 6.21. The predicted octanol–water partition coefficient (Wildman–Crippen LogP) is 1.93. The van der Waals surface area contributed by atoms with Gasteiger partial charge >= 0.3 is 0 Å². The van der Waals surface area contributed by atoms with Crippen LogP contribution < -0.4 is 10.6 Å². The summed E-state index contributed by atoms with van der Waals surface area (Å²) in [6, 6.07) is 6.74. The number of hydrogen-bond donors (Lipinski definition) is 2. The average Bonchev–Trinajstić information content (AvgIpc) is 2.75. The maximum atomic E-state index is 11.7. The van der Waals surface area contributed by atoms with E-state index in [-0.39, 0.29) is 11.1 Å². The van der Waals surface area contributed by atoms with Crippen LogP contribution in [-0.2, 0) is 4.79 Å². The molecule has 102 valence electrons. The highest BCUT2D eigenvalue weighted by Gasteiger charge is 2.24. The molecule has 1 aliphatic heterocycles. The Morgan fingerprint density at radius 3 is 2.55 bits per heavy atom. The number of imide groups is 1. The second-order valence-electron chi connectivity index (χ2n) is 3.97. The smallest absolute Gasteiger partial charge is 0.290 e. The molecule has 0 saturated carbocycles. The zero-order valence-corrected chi connectivity index (χ0v) is 11.3. The van der Waals surface area contributed by atoms with Gasteiger partial charge in [-0.1, -0.05) is 18.2 Å². The summed E-state index contributed by atoms with van der Waals surface area (Å²) in [5, 5.41) is 4.48. The summed E-state index contributed by atoms with van der Waals surface area (Å²) in [7, 11) is 0. The van der Waals surface area contributed by atoms with Crippen molar-refractivity contribution in [2.45, 2.75) is 0 Å². The summed E-state index contributed by atoms with van der Waals surface area (Å²) in [6.07, 6.45) is 3.21. The third kappa shape index (κ3) is 3.36. The van der Waals surface area contributed by atoms with Crippen molar-refractivity contribution < 1.29 is 14.4 Å². The molecule has 1 aromatic rings. The van der Waals surface area contributed by atoms with E-state index < -0.39 is 5.91 Å². The molecule has 1 aromatic carbocycles. The summed E-state index contributed by atoms with van der Waals surface area (Å²) >= 11 is 0.861. The van der Waals surface area contributed by atoms with Crippen LogP contribution in [-0.4, -0.2) is 23.6 Å². The average molecular weight is 288 g/mol. The first-order valence-corrected chi connectivity index (χ1v) is 6.66. The summed E-state index contributed by atoms with van der Waals surface area (Å²) in [6.45, 7) is 3.93. The van der Waals surface area contributed by atoms with E-state index in [0.29, 0.717) is 17.0 Å². The maximum Gasteiger partial charge on any atom is 0.290 e. The predicted molar refractivity (Wildman–Crippen MR) is 78.1 cm³/mol. The van der Waals surface area contributed by atoms with Crippen LogP contribution >= 0.6 is 11.8 Å². The van der Waals surface area contributed by atoms with E-state index in [4.69, 9.17) is 0 Å². The molecular formula is C14H12N2O3S. The third-order valence-corrected chi connectivity index (χ3v) is 3.33. The molecule has 1 fully saturated rings. The van der Waals surface area contributed by atoms with Crippen molar-refractivity contribution in [3.8, 4) is 0 Å². The number of thioether (sulfide) groups is 1. The van der Waals surface area contributed by atoms with Crippen molar-refractivity contribution in [1.82, 2.24) is 10.6 Å². The maximum absolute atomic E-state index is 11.7. The SMILES string of the molecule is C=CCNC(=O)c1ccc(/C=C2/SC(=O)NC2=O)cc1. The quantitative estimate of drug-likeness (QED) is 0.655. The van der Waals surface area contributed by atoms with Gasteiger partial charge in [-0.2, -0.15) is 0 Å². The Bertz CT molecular complexity index is 605. The summed E-state index contributed by atoms with van der Waals surface area (Å²) < 4.78 is 0. The Morgan fingerprint density at radius 2 is 2.00 bits per heavy atom. The van der Waals surface area contributed by atoms with Crippen LogP contribution in [0.25, 0.3) is 6.08 Å². The lowest BCUT2D eigenvalue weighted by Crippen LogP contribution is -2.22. The molecule has 0 bridgehead atoms. The molecule has 3 amide bonds. The molecule has 1 aliphatic rings. The Morgan fingerprint density at radius 1 is 1.30 bits per heavy atom. The third-order valence-electron chi connectivity index (χ3n) is 2.52. The molecule has 0 radical (unpaired) electrons. The van der Waals surface area contributed by atoms with Crippen molar-refractivity contribution in [2.24, 2.45) is 0 Å². The van der Waals surface area contributed by atoms with E-state index in [9.17, 15) is 14.4 Å². The van der Waals surface area contributed by atoms with Crippen molar-refractivity contribution in [2.75, 3.05) is 6.54 Å². The van der Waals surface area contributed by atoms with E-state index in [0.717, 1.165) is 17.3 Å². The molecule has 6 heteroatoms. The van der Waals surface area contributed by atoms with Gasteiger partial charge in [0.1, 0.15) is 0 Å². The molecule has 5 nitrogen and oxygen atoms in total. The number of benzene rings is 1. The molecule has 0 aliphatic carbocycles. The Balaban J connectivity index is 2.10. The normalized spacial score (nSPS) is 16.1. The lowest BCUT2D eigenvalue weighted by atomic mass is 10.1. The zero-order chi connectivity index (χ0) is 14.5. The van der Waals surface area contributed by atoms with Crippen LogP contribution in [0.15, 0.2) is 41.8 Å². The number of nitrogens with one attached hydrogen (secondary N) is 2. The van der Waals surface area contributed by atoms with Gasteiger partial charge in [-0.25, -0.2) is 0 Å². The number of hydrogen-bond acceptors (Lipinski definition) is 4. The summed E-state index contributed by atoms with van der Waals surface area (Å²) in [5.74, 6) is -0.583.